The third-order valence-electron chi connectivity index (χ3n) is 5.95. The third-order valence-corrected chi connectivity index (χ3v) is 5.95. The molecule has 176 valence electrons. The summed E-state index contributed by atoms with van der Waals surface area (Å²) < 4.78 is 16.7. The maximum atomic E-state index is 12.6. The van der Waals surface area contributed by atoms with E-state index in [1.54, 1.807) is 19.9 Å². The average Bonchev–Trinajstić information content (AvgIpc) is 3.03. The van der Waals surface area contributed by atoms with E-state index in [2.05, 4.69) is 0 Å². The molecule has 0 aromatic rings. The zero-order valence-electron chi connectivity index (χ0n) is 18.4. The molecule has 4 N–H and O–H groups in total. The summed E-state index contributed by atoms with van der Waals surface area (Å²) in [7, 11) is 0. The Balaban J connectivity index is 2.32. The van der Waals surface area contributed by atoms with Gasteiger partial charge in [0.15, 0.2) is 12.1 Å². The highest BCUT2D eigenvalue weighted by molar-refractivity contribution is 5.84. The van der Waals surface area contributed by atoms with Gasteiger partial charge in [-0.3, -0.25) is 9.59 Å². The van der Waals surface area contributed by atoms with E-state index in [1.165, 1.54) is 0 Å². The van der Waals surface area contributed by atoms with E-state index >= 15 is 0 Å². The SMILES string of the molecule is CC=C(C)C1CC=C(C)C(OC2OC(CO)C(O)C2O)C(O)C(=O)CCC(C)C(=O)O1. The molecule has 2 aliphatic rings. The van der Waals surface area contributed by atoms with Gasteiger partial charge < -0.3 is 34.6 Å². The zero-order chi connectivity index (χ0) is 23.3. The summed E-state index contributed by atoms with van der Waals surface area (Å²) in [6, 6.07) is 0. The van der Waals surface area contributed by atoms with Crippen molar-refractivity contribution in [2.75, 3.05) is 6.61 Å². The van der Waals surface area contributed by atoms with Crippen molar-refractivity contribution >= 4 is 11.8 Å². The Bertz CT molecular complexity index is 701. The number of Topliss-reactive ketones (excluding diaryl/α,β-unsaturated/α-hetero) is 1. The highest BCUT2D eigenvalue weighted by Gasteiger charge is 2.45. The second-order valence-corrected chi connectivity index (χ2v) is 8.26. The van der Waals surface area contributed by atoms with Gasteiger partial charge in [0.2, 0.25) is 0 Å². The molecular formula is C22H34O9. The maximum Gasteiger partial charge on any atom is 0.309 e. The van der Waals surface area contributed by atoms with Gasteiger partial charge in [-0.15, -0.1) is 0 Å². The first-order valence-electron chi connectivity index (χ1n) is 10.6. The van der Waals surface area contributed by atoms with Crippen molar-refractivity contribution in [2.45, 2.75) is 89.9 Å². The van der Waals surface area contributed by atoms with Gasteiger partial charge in [0.25, 0.3) is 0 Å². The second-order valence-electron chi connectivity index (χ2n) is 8.26. The minimum atomic E-state index is -1.55. The summed E-state index contributed by atoms with van der Waals surface area (Å²) in [6.45, 7) is 6.50. The smallest absolute Gasteiger partial charge is 0.309 e. The normalized spacial score (nSPS) is 38.8. The first-order chi connectivity index (χ1) is 14.6. The van der Waals surface area contributed by atoms with Gasteiger partial charge in [0.1, 0.15) is 36.6 Å². The van der Waals surface area contributed by atoms with Gasteiger partial charge in [-0.25, -0.2) is 0 Å². The van der Waals surface area contributed by atoms with E-state index in [9.17, 15) is 30.0 Å². The fourth-order valence-corrected chi connectivity index (χ4v) is 3.52. The molecule has 0 saturated carbocycles. The van der Waals surface area contributed by atoms with Crippen molar-refractivity contribution in [1.29, 1.82) is 0 Å². The topological polar surface area (TPSA) is 143 Å². The lowest BCUT2D eigenvalue weighted by atomic mass is 9.94. The Kier molecular flexibility index (Phi) is 9.35. The fraction of sp³-hybridized carbons (Fsp3) is 0.727. The molecule has 9 heteroatoms. The van der Waals surface area contributed by atoms with Crippen LogP contribution in [-0.2, 0) is 23.8 Å². The number of aliphatic hydroxyl groups is 4. The highest BCUT2D eigenvalue weighted by atomic mass is 16.7. The monoisotopic (exact) mass is 442 g/mol. The number of carbonyl (C=O) groups excluding carboxylic acids is 2. The molecule has 0 aromatic carbocycles. The molecule has 31 heavy (non-hydrogen) atoms. The molecule has 2 aliphatic heterocycles. The molecule has 0 amide bonds. The Labute approximate surface area is 182 Å². The van der Waals surface area contributed by atoms with Crippen LogP contribution in [0, 0.1) is 5.92 Å². The number of ketones is 1. The van der Waals surface area contributed by atoms with E-state index in [-0.39, 0.29) is 12.8 Å². The fourth-order valence-electron chi connectivity index (χ4n) is 3.52. The number of allylic oxidation sites excluding steroid dienone is 1. The molecule has 0 bridgehead atoms. The minimum Gasteiger partial charge on any atom is -0.457 e. The number of aliphatic hydroxyl groups excluding tert-OH is 4. The van der Waals surface area contributed by atoms with Crippen molar-refractivity contribution in [3.8, 4) is 0 Å². The van der Waals surface area contributed by atoms with Crippen molar-refractivity contribution in [2.24, 2.45) is 5.92 Å². The lowest BCUT2D eigenvalue weighted by Gasteiger charge is -2.29. The van der Waals surface area contributed by atoms with Gasteiger partial charge in [0, 0.05) is 12.8 Å². The molecule has 1 saturated heterocycles. The molecule has 2 rings (SSSR count). The van der Waals surface area contributed by atoms with Crippen LogP contribution in [0.3, 0.4) is 0 Å². The van der Waals surface area contributed by atoms with Crippen molar-refractivity contribution in [3.05, 3.63) is 23.3 Å². The van der Waals surface area contributed by atoms with E-state index in [1.807, 2.05) is 19.9 Å². The van der Waals surface area contributed by atoms with Gasteiger partial charge in [-0.2, -0.15) is 0 Å². The molecule has 1 fully saturated rings. The van der Waals surface area contributed by atoms with E-state index in [0.29, 0.717) is 12.0 Å². The van der Waals surface area contributed by atoms with E-state index in [0.717, 1.165) is 5.57 Å². The predicted molar refractivity (Wildman–Crippen MR) is 110 cm³/mol. The average molecular weight is 443 g/mol. The molecule has 9 nitrogen and oxygen atoms in total. The molecule has 0 aromatic heterocycles. The van der Waals surface area contributed by atoms with E-state index < -0.39 is 67.2 Å². The number of rotatable bonds is 4. The lowest BCUT2D eigenvalue weighted by Crippen LogP contribution is -2.43. The van der Waals surface area contributed by atoms with Crippen LogP contribution >= 0.6 is 0 Å². The predicted octanol–water partition coefficient (Wildman–Crippen LogP) is 0.385. The summed E-state index contributed by atoms with van der Waals surface area (Å²) in [4.78, 5) is 25.0. The van der Waals surface area contributed by atoms with Gasteiger partial charge in [-0.1, -0.05) is 19.1 Å². The lowest BCUT2D eigenvalue weighted by molar-refractivity contribution is -0.202. The van der Waals surface area contributed by atoms with Crippen LogP contribution < -0.4 is 0 Å². The van der Waals surface area contributed by atoms with Crippen LogP contribution in [0.2, 0.25) is 0 Å². The summed E-state index contributed by atoms with van der Waals surface area (Å²) >= 11 is 0. The number of esters is 1. The third kappa shape index (κ3) is 6.21. The molecule has 8 atom stereocenters. The maximum absolute atomic E-state index is 12.6. The number of hydrogen-bond acceptors (Lipinski definition) is 9. The molecule has 0 spiro atoms. The summed E-state index contributed by atoms with van der Waals surface area (Å²) in [5.74, 6) is -1.45. The standard InChI is InChI=1S/C22H34O9/c1-5-11(2)15-9-7-12(3)20(31-22-19(27)18(26)16(10-23)30-22)17(25)14(24)8-6-13(4)21(28)29-15/h5,7,13,15-20,22-23,25-27H,6,8-10H2,1-4H3. The van der Waals surface area contributed by atoms with Crippen LogP contribution in [0.1, 0.15) is 47.0 Å². The summed E-state index contributed by atoms with van der Waals surface area (Å²) in [6.07, 6.45) is -4.38. The molecule has 2 heterocycles. The zero-order valence-corrected chi connectivity index (χ0v) is 18.4. The number of cyclic esters (lactones) is 1. The summed E-state index contributed by atoms with van der Waals surface area (Å²) in [5, 5.41) is 40.1. The number of hydrogen-bond donors (Lipinski definition) is 4. The van der Waals surface area contributed by atoms with Gasteiger partial charge in [0.05, 0.1) is 12.5 Å². The Morgan fingerprint density at radius 3 is 2.52 bits per heavy atom. The molecular weight excluding hydrogens is 408 g/mol. The molecule has 0 aliphatic carbocycles. The molecule has 8 unspecified atom stereocenters. The van der Waals surface area contributed by atoms with Crippen LogP contribution in [-0.4, -0.2) is 81.7 Å². The van der Waals surface area contributed by atoms with Crippen LogP contribution in [0.15, 0.2) is 23.3 Å². The van der Waals surface area contributed by atoms with E-state index in [4.69, 9.17) is 14.2 Å². The quantitative estimate of drug-likeness (QED) is 0.359. The van der Waals surface area contributed by atoms with Crippen LogP contribution in [0.4, 0.5) is 0 Å². The van der Waals surface area contributed by atoms with Gasteiger partial charge >= 0.3 is 5.97 Å². The second kappa shape index (κ2) is 11.3. The Morgan fingerprint density at radius 2 is 1.94 bits per heavy atom. The van der Waals surface area contributed by atoms with Crippen molar-refractivity contribution in [1.82, 2.24) is 0 Å². The van der Waals surface area contributed by atoms with Crippen molar-refractivity contribution in [3.63, 3.8) is 0 Å². The number of ether oxygens (including phenoxy) is 3. The largest absolute Gasteiger partial charge is 0.457 e. The Morgan fingerprint density at radius 1 is 1.26 bits per heavy atom. The van der Waals surface area contributed by atoms with Gasteiger partial charge in [-0.05, 0) is 38.3 Å². The van der Waals surface area contributed by atoms with Crippen molar-refractivity contribution < 1.29 is 44.2 Å². The van der Waals surface area contributed by atoms with Crippen LogP contribution in [0.5, 0.6) is 0 Å². The first-order valence-corrected chi connectivity index (χ1v) is 10.6. The Hall–Kier alpha value is -1.62. The number of carbonyl (C=O) groups is 2. The molecule has 0 radical (unpaired) electrons. The minimum absolute atomic E-state index is 0.0617. The first kappa shape index (κ1) is 25.6. The highest BCUT2D eigenvalue weighted by Crippen LogP contribution is 2.28. The van der Waals surface area contributed by atoms with Crippen LogP contribution in [0.25, 0.3) is 0 Å². The summed E-state index contributed by atoms with van der Waals surface area (Å²) in [5.41, 5.74) is 1.34.